The molecule has 32 heavy (non-hydrogen) atoms. The van der Waals surface area contributed by atoms with E-state index in [1.165, 1.54) is 0 Å². The maximum Gasteiger partial charge on any atom is 0.488 e. The minimum Gasteiger partial charge on any atom is -0.487 e. The summed E-state index contributed by atoms with van der Waals surface area (Å²) in [6, 6.07) is 15.3. The van der Waals surface area contributed by atoms with E-state index in [0.717, 1.165) is 39.8 Å². The van der Waals surface area contributed by atoms with Gasteiger partial charge in [0.2, 0.25) is 5.95 Å². The Hall–Kier alpha value is -3.40. The van der Waals surface area contributed by atoms with Crippen LogP contribution in [-0.2, 0) is 19.5 Å². The van der Waals surface area contributed by atoms with E-state index >= 15 is 0 Å². The molecule has 3 heterocycles. The van der Waals surface area contributed by atoms with Crippen molar-refractivity contribution in [3.63, 3.8) is 0 Å². The lowest BCUT2D eigenvalue weighted by Crippen LogP contribution is -2.30. The van der Waals surface area contributed by atoms with Crippen molar-refractivity contribution in [3.05, 3.63) is 71.0 Å². The summed E-state index contributed by atoms with van der Waals surface area (Å²) in [5, 5.41) is 23.3. The lowest BCUT2D eigenvalue weighted by atomic mass is 9.80. The first kappa shape index (κ1) is 20.5. The molecule has 0 bridgehead atoms. The van der Waals surface area contributed by atoms with Crippen molar-refractivity contribution < 1.29 is 14.8 Å². The molecular formula is C23H24BN5O3. The number of aryl methyl sites for hydroxylation is 1. The molecule has 2 aromatic heterocycles. The van der Waals surface area contributed by atoms with Crippen LogP contribution < -0.4 is 21.3 Å². The molecule has 0 amide bonds. The molecule has 0 aliphatic carbocycles. The van der Waals surface area contributed by atoms with Gasteiger partial charge in [-0.1, -0.05) is 36.4 Å². The van der Waals surface area contributed by atoms with Gasteiger partial charge in [0.15, 0.2) is 11.6 Å². The van der Waals surface area contributed by atoms with Crippen LogP contribution in [0.4, 0.5) is 5.82 Å². The molecular weight excluding hydrogens is 405 g/mol. The number of rotatable bonds is 6. The Morgan fingerprint density at radius 2 is 2.00 bits per heavy atom. The molecule has 1 aliphatic rings. The fourth-order valence-corrected chi connectivity index (χ4v) is 4.19. The summed E-state index contributed by atoms with van der Waals surface area (Å²) < 4.78 is 7.86. The number of ether oxygens (including phenoxy) is 1. The molecule has 1 aliphatic heterocycles. The first-order valence-electron chi connectivity index (χ1n) is 10.6. The molecule has 5 N–H and O–H groups in total. The van der Waals surface area contributed by atoms with Crippen LogP contribution in [0.25, 0.3) is 16.9 Å². The predicted octanol–water partition coefficient (Wildman–Crippen LogP) is 1.41. The fraction of sp³-hybridized carbons (Fsp3) is 0.217. The lowest BCUT2D eigenvalue weighted by molar-refractivity contribution is 0.357. The van der Waals surface area contributed by atoms with Gasteiger partial charge in [0.05, 0.1) is 17.8 Å². The van der Waals surface area contributed by atoms with Crippen molar-refractivity contribution in [2.45, 2.75) is 26.4 Å². The van der Waals surface area contributed by atoms with E-state index in [1.807, 2.05) is 35.8 Å². The third-order valence-electron chi connectivity index (χ3n) is 5.76. The smallest absolute Gasteiger partial charge is 0.487 e. The van der Waals surface area contributed by atoms with Gasteiger partial charge in [-0.15, -0.1) is 0 Å². The topological polar surface area (TPSA) is 118 Å². The Kier molecular flexibility index (Phi) is 5.30. The van der Waals surface area contributed by atoms with Crippen LogP contribution in [0.15, 0.2) is 48.5 Å². The molecule has 8 nitrogen and oxygen atoms in total. The van der Waals surface area contributed by atoms with Crippen LogP contribution in [-0.4, -0.2) is 38.3 Å². The maximum atomic E-state index is 9.44. The summed E-state index contributed by atoms with van der Waals surface area (Å²) in [4.78, 5) is 9.62. The van der Waals surface area contributed by atoms with Gasteiger partial charge in [0, 0.05) is 30.6 Å². The quantitative estimate of drug-likeness (QED) is 0.343. The molecule has 0 atom stereocenters. The Labute approximate surface area is 185 Å². The lowest BCUT2D eigenvalue weighted by Gasteiger charge is -2.14. The minimum atomic E-state index is -1.50. The first-order valence-corrected chi connectivity index (χ1v) is 10.6. The second-order valence-corrected chi connectivity index (χ2v) is 7.89. The van der Waals surface area contributed by atoms with Gasteiger partial charge in [-0.3, -0.25) is 4.57 Å². The van der Waals surface area contributed by atoms with E-state index in [4.69, 9.17) is 20.4 Å². The number of benzene rings is 2. The number of aromatic nitrogens is 3. The van der Waals surface area contributed by atoms with E-state index in [0.29, 0.717) is 42.7 Å². The Bertz CT molecular complexity index is 1300. The van der Waals surface area contributed by atoms with Crippen molar-refractivity contribution in [2.24, 2.45) is 5.73 Å². The van der Waals surface area contributed by atoms with Crippen molar-refractivity contribution in [2.75, 3.05) is 11.9 Å². The Morgan fingerprint density at radius 3 is 2.81 bits per heavy atom. The van der Waals surface area contributed by atoms with Crippen LogP contribution in [0.1, 0.15) is 22.5 Å². The van der Waals surface area contributed by atoms with Crippen LogP contribution in [0.5, 0.6) is 5.75 Å². The normalized spacial score (nSPS) is 12.6. The average Bonchev–Trinajstić information content (AvgIpc) is 3.40. The first-order chi connectivity index (χ1) is 15.5. The second kappa shape index (κ2) is 8.27. The van der Waals surface area contributed by atoms with Gasteiger partial charge in [-0.2, -0.15) is 4.98 Å². The highest BCUT2D eigenvalue weighted by Gasteiger charge is 2.23. The highest BCUT2D eigenvalue weighted by molar-refractivity contribution is 6.58. The summed E-state index contributed by atoms with van der Waals surface area (Å²) in [7, 11) is -1.50. The van der Waals surface area contributed by atoms with Gasteiger partial charge in [0.25, 0.3) is 0 Å². The molecule has 0 saturated heterocycles. The third-order valence-corrected chi connectivity index (χ3v) is 5.76. The summed E-state index contributed by atoms with van der Waals surface area (Å²) >= 11 is 0. The number of hydrogen-bond acceptors (Lipinski definition) is 7. The zero-order valence-corrected chi connectivity index (χ0v) is 17.7. The average molecular weight is 429 g/mol. The zero-order valence-electron chi connectivity index (χ0n) is 17.7. The molecule has 9 heteroatoms. The van der Waals surface area contributed by atoms with E-state index in [1.54, 1.807) is 18.2 Å². The zero-order chi connectivity index (χ0) is 22.2. The number of hydrogen-bond donors (Lipinski definition) is 4. The van der Waals surface area contributed by atoms with Crippen LogP contribution in [0, 0.1) is 6.92 Å². The molecule has 162 valence electrons. The number of nitrogens with two attached hydrogens (primary N) is 1. The number of nitrogens with zero attached hydrogens (tertiary/aromatic N) is 3. The largest absolute Gasteiger partial charge is 0.488 e. The molecule has 0 unspecified atom stereocenters. The molecule has 5 rings (SSSR count). The Morgan fingerprint density at radius 1 is 1.16 bits per heavy atom. The highest BCUT2D eigenvalue weighted by atomic mass is 16.5. The van der Waals surface area contributed by atoms with E-state index in [9.17, 15) is 10.0 Å². The predicted molar refractivity (Wildman–Crippen MR) is 124 cm³/mol. The monoisotopic (exact) mass is 429 g/mol. The summed E-state index contributed by atoms with van der Waals surface area (Å²) in [6.45, 7) is 3.52. The highest BCUT2D eigenvalue weighted by Crippen LogP contribution is 2.33. The fourth-order valence-electron chi connectivity index (χ4n) is 4.19. The van der Waals surface area contributed by atoms with Crippen LogP contribution in [0.2, 0.25) is 0 Å². The van der Waals surface area contributed by atoms with Gasteiger partial charge in [-0.25, -0.2) is 4.98 Å². The van der Waals surface area contributed by atoms with E-state index in [-0.39, 0.29) is 0 Å². The van der Waals surface area contributed by atoms with E-state index in [2.05, 4.69) is 11.4 Å². The summed E-state index contributed by atoms with van der Waals surface area (Å²) in [5.74, 6) is 1.87. The molecule has 2 aromatic carbocycles. The van der Waals surface area contributed by atoms with Gasteiger partial charge in [-0.05, 0) is 35.6 Å². The second-order valence-electron chi connectivity index (χ2n) is 7.89. The van der Waals surface area contributed by atoms with Gasteiger partial charge < -0.3 is 25.8 Å². The minimum absolute atomic E-state index is 0.444. The number of nitrogens with one attached hydrogen (secondary N) is 1. The van der Waals surface area contributed by atoms with Crippen LogP contribution in [0.3, 0.4) is 0 Å². The van der Waals surface area contributed by atoms with Gasteiger partial charge in [0.1, 0.15) is 0 Å². The van der Waals surface area contributed by atoms with Crippen molar-refractivity contribution in [1.82, 2.24) is 14.5 Å². The summed E-state index contributed by atoms with van der Waals surface area (Å²) in [5.41, 5.74) is 11.3. The number of fused-ring (bicyclic) bond motifs is 2. The third kappa shape index (κ3) is 3.60. The molecule has 0 radical (unpaired) electrons. The molecule has 0 fully saturated rings. The van der Waals surface area contributed by atoms with Crippen molar-refractivity contribution in [3.8, 4) is 11.7 Å². The van der Waals surface area contributed by atoms with Crippen LogP contribution >= 0.6 is 0 Å². The van der Waals surface area contributed by atoms with Gasteiger partial charge >= 0.3 is 7.12 Å². The van der Waals surface area contributed by atoms with E-state index < -0.39 is 7.12 Å². The van der Waals surface area contributed by atoms with Crippen molar-refractivity contribution in [1.29, 1.82) is 0 Å². The maximum absolute atomic E-state index is 9.44. The molecule has 0 spiro atoms. The molecule has 4 aromatic rings. The molecule has 0 saturated carbocycles. The standard InChI is InChI=1S/C23H24BN5O3/c1-14-10-18-16(12-25)5-3-7-20(18)29(14)23-27-19-8-9-32-21(19)22(28-23)26-13-15-4-2-6-17(11-15)24(30)31/h2-7,10-11,30-31H,8-9,12-13,25H2,1H3,(H,26,27,28). The number of anilines is 1. The summed E-state index contributed by atoms with van der Waals surface area (Å²) in [6.07, 6.45) is 0.720. The van der Waals surface area contributed by atoms with Crippen molar-refractivity contribution >= 4 is 29.3 Å². The SMILES string of the molecule is Cc1cc2c(CN)cccc2n1-c1nc2c(c(NCc3cccc(B(O)O)c3)n1)OCC2. The Balaban J connectivity index is 1.54.